The van der Waals surface area contributed by atoms with Gasteiger partial charge in [0, 0.05) is 5.41 Å². The first kappa shape index (κ1) is 12.1. The number of hydrogen-bond acceptors (Lipinski definition) is 4. The summed E-state index contributed by atoms with van der Waals surface area (Å²) in [4.78, 5) is 5.87. The molecule has 2 aliphatic carbocycles. The number of nitrogens with zero attached hydrogens (tertiary/aromatic N) is 2. The largest absolute Gasteiger partial charge is 0.352 e. The smallest absolute Gasteiger partial charge is 0.160 e. The summed E-state index contributed by atoms with van der Waals surface area (Å²) < 4.78 is 6.45. The van der Waals surface area contributed by atoms with Crippen molar-refractivity contribution in [2.45, 2.75) is 58.4 Å². The normalized spacial score (nSPS) is 58.1. The van der Waals surface area contributed by atoms with E-state index in [0.29, 0.717) is 18.6 Å². The third-order valence-corrected chi connectivity index (χ3v) is 6.98. The number of nitriles is 1. The van der Waals surface area contributed by atoms with Gasteiger partial charge in [0.05, 0.1) is 24.8 Å². The summed E-state index contributed by atoms with van der Waals surface area (Å²) in [6.07, 6.45) is 2.69. The highest BCUT2D eigenvalue weighted by atomic mass is 16.8. The zero-order valence-electron chi connectivity index (χ0n) is 12.1. The Balaban J connectivity index is 1.79. The third kappa shape index (κ3) is 1.05. The first-order valence-corrected chi connectivity index (χ1v) is 7.36. The molecule has 0 amide bonds. The van der Waals surface area contributed by atoms with Crippen molar-refractivity contribution in [3.63, 3.8) is 0 Å². The van der Waals surface area contributed by atoms with Gasteiger partial charge in [-0.05, 0) is 31.1 Å². The van der Waals surface area contributed by atoms with Crippen LogP contribution < -0.4 is 0 Å². The molecule has 6 atom stereocenters. The maximum atomic E-state index is 9.32. The molecule has 0 aromatic carbocycles. The van der Waals surface area contributed by atoms with Crippen LogP contribution in [0.5, 0.6) is 0 Å². The maximum absolute atomic E-state index is 9.32. The molecular formula is C15H22N2O2. The summed E-state index contributed by atoms with van der Waals surface area (Å²) in [5.74, 6) is 0.436. The van der Waals surface area contributed by atoms with Crippen molar-refractivity contribution in [1.29, 1.82) is 5.26 Å². The quantitative estimate of drug-likeness (QED) is 0.672. The predicted octanol–water partition coefficient (Wildman–Crippen LogP) is 2.31. The van der Waals surface area contributed by atoms with Crippen LogP contribution in [0.15, 0.2) is 0 Å². The minimum atomic E-state index is -0.537. The van der Waals surface area contributed by atoms with Gasteiger partial charge in [0.2, 0.25) is 0 Å². The van der Waals surface area contributed by atoms with E-state index in [1.165, 1.54) is 12.8 Å². The van der Waals surface area contributed by atoms with Gasteiger partial charge < -0.3 is 4.74 Å². The summed E-state index contributed by atoms with van der Waals surface area (Å²) in [5.41, 5.74) is -0.0404. The monoisotopic (exact) mass is 262 g/mol. The van der Waals surface area contributed by atoms with E-state index in [-0.39, 0.29) is 22.9 Å². The lowest BCUT2D eigenvalue weighted by atomic mass is 9.70. The van der Waals surface area contributed by atoms with Crippen LogP contribution in [-0.4, -0.2) is 29.5 Å². The van der Waals surface area contributed by atoms with Crippen LogP contribution in [0.3, 0.4) is 0 Å². The molecule has 2 bridgehead atoms. The Hall–Kier alpha value is -0.630. The molecule has 4 aliphatic rings. The average Bonchev–Trinajstić information content (AvgIpc) is 2.92. The molecule has 4 heteroatoms. The minimum Gasteiger partial charge on any atom is -0.352 e. The lowest BCUT2D eigenvalue weighted by molar-refractivity contribution is -0.221. The third-order valence-electron chi connectivity index (χ3n) is 6.98. The fourth-order valence-corrected chi connectivity index (χ4v) is 5.26. The number of rotatable bonds is 0. The molecule has 4 fully saturated rings. The van der Waals surface area contributed by atoms with Crippen molar-refractivity contribution < 1.29 is 9.57 Å². The van der Waals surface area contributed by atoms with Gasteiger partial charge in [0.1, 0.15) is 5.92 Å². The first-order chi connectivity index (χ1) is 8.86. The number of hydrogen-bond donors (Lipinski definition) is 0. The number of hydroxylamine groups is 2. The van der Waals surface area contributed by atoms with Gasteiger partial charge in [-0.1, -0.05) is 20.8 Å². The number of ether oxygens (including phenoxy) is 1. The van der Waals surface area contributed by atoms with Crippen LogP contribution in [0.2, 0.25) is 0 Å². The Morgan fingerprint density at radius 3 is 2.68 bits per heavy atom. The van der Waals surface area contributed by atoms with Crippen LogP contribution in [0.25, 0.3) is 0 Å². The molecule has 19 heavy (non-hydrogen) atoms. The fourth-order valence-electron chi connectivity index (χ4n) is 5.26. The second-order valence-corrected chi connectivity index (χ2v) is 7.67. The molecule has 2 saturated carbocycles. The van der Waals surface area contributed by atoms with E-state index in [1.807, 2.05) is 12.0 Å². The van der Waals surface area contributed by atoms with Crippen molar-refractivity contribution in [1.82, 2.24) is 5.06 Å². The Morgan fingerprint density at radius 2 is 2.00 bits per heavy atom. The van der Waals surface area contributed by atoms with Crippen LogP contribution in [0, 0.1) is 34.0 Å². The molecule has 0 aromatic rings. The summed E-state index contributed by atoms with van der Waals surface area (Å²) in [6, 6.07) is 2.69. The molecule has 0 spiro atoms. The van der Waals surface area contributed by atoms with E-state index in [4.69, 9.17) is 9.57 Å². The van der Waals surface area contributed by atoms with Crippen molar-refractivity contribution in [2.75, 3.05) is 6.61 Å². The second kappa shape index (κ2) is 3.16. The van der Waals surface area contributed by atoms with E-state index < -0.39 is 5.72 Å². The molecule has 4 nitrogen and oxygen atoms in total. The van der Waals surface area contributed by atoms with Gasteiger partial charge in [-0.3, -0.25) is 4.84 Å². The summed E-state index contributed by atoms with van der Waals surface area (Å²) in [5, 5.41) is 11.4. The zero-order chi connectivity index (χ0) is 13.6. The Labute approximate surface area is 114 Å². The van der Waals surface area contributed by atoms with E-state index >= 15 is 0 Å². The summed E-state index contributed by atoms with van der Waals surface area (Å²) in [7, 11) is 0. The highest BCUT2D eigenvalue weighted by Crippen LogP contribution is 2.71. The van der Waals surface area contributed by atoms with Gasteiger partial charge in [0.25, 0.3) is 0 Å². The Kier molecular flexibility index (Phi) is 2.02. The van der Waals surface area contributed by atoms with Crippen LogP contribution in [0.1, 0.15) is 40.5 Å². The van der Waals surface area contributed by atoms with E-state index in [2.05, 4.69) is 26.8 Å². The first-order valence-electron chi connectivity index (χ1n) is 7.36. The standard InChI is InChI=1S/C15H22N2O2/c1-13(2)10-5-6-14(13,3)12-11(10)17-15(4,19-12)9(7-16)8-18-17/h9-12H,5-6,8H2,1-4H3/t9-,10+,11+,12+,14-,15-/m0/s1. The highest BCUT2D eigenvalue weighted by Gasteiger charge is 2.75. The number of fused-ring (bicyclic) bond motifs is 7. The zero-order valence-corrected chi connectivity index (χ0v) is 12.1. The van der Waals surface area contributed by atoms with E-state index in [0.717, 1.165) is 0 Å². The molecule has 0 N–H and O–H groups in total. The van der Waals surface area contributed by atoms with Gasteiger partial charge in [-0.25, -0.2) is 0 Å². The average molecular weight is 262 g/mol. The molecular weight excluding hydrogens is 240 g/mol. The van der Waals surface area contributed by atoms with E-state index in [9.17, 15) is 5.26 Å². The Morgan fingerprint density at radius 1 is 1.26 bits per heavy atom. The van der Waals surface area contributed by atoms with Gasteiger partial charge in [-0.2, -0.15) is 10.3 Å². The van der Waals surface area contributed by atoms with Crippen LogP contribution in [-0.2, 0) is 9.57 Å². The molecule has 2 saturated heterocycles. The van der Waals surface area contributed by atoms with Gasteiger partial charge in [-0.15, -0.1) is 0 Å². The molecule has 2 aliphatic heterocycles. The topological polar surface area (TPSA) is 45.5 Å². The lowest BCUT2D eigenvalue weighted by Gasteiger charge is -2.40. The summed E-state index contributed by atoms with van der Waals surface area (Å²) >= 11 is 0. The van der Waals surface area contributed by atoms with Crippen molar-refractivity contribution >= 4 is 0 Å². The van der Waals surface area contributed by atoms with E-state index in [1.54, 1.807) is 0 Å². The van der Waals surface area contributed by atoms with Crippen molar-refractivity contribution in [3.05, 3.63) is 0 Å². The lowest BCUT2D eigenvalue weighted by Crippen LogP contribution is -2.46. The van der Waals surface area contributed by atoms with Crippen molar-refractivity contribution in [2.24, 2.45) is 22.7 Å². The second-order valence-electron chi connectivity index (χ2n) is 7.67. The van der Waals surface area contributed by atoms with Crippen LogP contribution >= 0.6 is 0 Å². The van der Waals surface area contributed by atoms with Crippen molar-refractivity contribution in [3.8, 4) is 6.07 Å². The SMILES string of the molecule is CC1(C)[C@@H]2CC[C@@]1(C)[C@@H]1O[C@@]3(C)[C@@H](C#N)CON3[C@H]21. The van der Waals surface area contributed by atoms with Gasteiger partial charge in [0.15, 0.2) is 5.72 Å². The minimum absolute atomic E-state index is 0.177. The molecule has 0 aromatic heterocycles. The molecule has 4 rings (SSSR count). The molecule has 2 heterocycles. The Bertz CT molecular complexity index is 485. The maximum Gasteiger partial charge on any atom is 0.160 e. The highest BCUT2D eigenvalue weighted by molar-refractivity contribution is 5.22. The summed E-state index contributed by atoms with van der Waals surface area (Å²) in [6.45, 7) is 9.62. The van der Waals surface area contributed by atoms with Gasteiger partial charge >= 0.3 is 0 Å². The fraction of sp³-hybridized carbons (Fsp3) is 0.933. The molecule has 0 radical (unpaired) electrons. The molecule has 104 valence electrons. The molecule has 0 unspecified atom stereocenters. The van der Waals surface area contributed by atoms with Crippen LogP contribution in [0.4, 0.5) is 0 Å². The predicted molar refractivity (Wildman–Crippen MR) is 68.6 cm³/mol.